The van der Waals surface area contributed by atoms with Crippen molar-refractivity contribution in [1.29, 1.82) is 0 Å². The Morgan fingerprint density at radius 3 is 2.71 bits per heavy atom. The molecule has 5 heteroatoms. The lowest BCUT2D eigenvalue weighted by molar-refractivity contribution is 0.171. The van der Waals surface area contributed by atoms with Gasteiger partial charge in [0.1, 0.15) is 13.2 Å². The van der Waals surface area contributed by atoms with Gasteiger partial charge < -0.3 is 14.8 Å². The molecule has 0 aliphatic carbocycles. The lowest BCUT2D eigenvalue weighted by atomic mass is 10.0. The van der Waals surface area contributed by atoms with Crippen LogP contribution in [0.15, 0.2) is 34.1 Å². The van der Waals surface area contributed by atoms with Gasteiger partial charge in [0.2, 0.25) is 0 Å². The Bertz CT molecular complexity index is 601. The average Bonchev–Trinajstić information content (AvgIpc) is 3.02. The zero-order chi connectivity index (χ0) is 14.7. The number of ether oxygens (including phenoxy) is 2. The molecule has 1 N–H and O–H groups in total. The van der Waals surface area contributed by atoms with Crippen molar-refractivity contribution in [3.63, 3.8) is 0 Å². The van der Waals surface area contributed by atoms with E-state index < -0.39 is 0 Å². The number of rotatable bonds is 5. The van der Waals surface area contributed by atoms with Crippen molar-refractivity contribution in [2.24, 2.45) is 0 Å². The number of fused-ring (bicyclic) bond motifs is 1. The maximum absolute atomic E-state index is 5.72. The largest absolute Gasteiger partial charge is 0.486 e. The van der Waals surface area contributed by atoms with Crippen LogP contribution in [-0.2, 0) is 0 Å². The quantitative estimate of drug-likeness (QED) is 0.850. The molecule has 0 radical (unpaired) electrons. The smallest absolute Gasteiger partial charge is 0.162 e. The molecule has 0 bridgehead atoms. The second-order valence-electron chi connectivity index (χ2n) is 4.92. The van der Waals surface area contributed by atoms with Crippen molar-refractivity contribution in [2.75, 3.05) is 19.8 Å². The average molecular weight is 368 g/mol. The van der Waals surface area contributed by atoms with Crippen LogP contribution in [0.5, 0.6) is 11.5 Å². The summed E-state index contributed by atoms with van der Waals surface area (Å²) >= 11 is 5.45. The minimum Gasteiger partial charge on any atom is -0.486 e. The first-order chi connectivity index (χ1) is 10.3. The molecule has 21 heavy (non-hydrogen) atoms. The topological polar surface area (TPSA) is 30.5 Å². The molecule has 112 valence electrons. The maximum atomic E-state index is 5.72. The number of hydrogen-bond acceptors (Lipinski definition) is 4. The first kappa shape index (κ1) is 14.9. The molecule has 1 aromatic carbocycles. The van der Waals surface area contributed by atoms with Crippen LogP contribution >= 0.6 is 27.3 Å². The molecule has 2 aromatic rings. The van der Waals surface area contributed by atoms with Crippen LogP contribution in [0.25, 0.3) is 0 Å². The normalized spacial score (nSPS) is 15.0. The van der Waals surface area contributed by atoms with Gasteiger partial charge in [-0.15, -0.1) is 11.3 Å². The highest BCUT2D eigenvalue weighted by atomic mass is 79.9. The molecule has 1 atom stereocenters. The molecular weight excluding hydrogens is 350 g/mol. The molecule has 0 fully saturated rings. The fourth-order valence-electron chi connectivity index (χ4n) is 2.41. The summed E-state index contributed by atoms with van der Waals surface area (Å²) in [5, 5.41) is 5.73. The van der Waals surface area contributed by atoms with Gasteiger partial charge in [-0.1, -0.05) is 28.9 Å². The lowest BCUT2D eigenvalue weighted by Crippen LogP contribution is -2.23. The van der Waals surface area contributed by atoms with Gasteiger partial charge in [0.25, 0.3) is 0 Å². The van der Waals surface area contributed by atoms with Crippen LogP contribution in [0.2, 0.25) is 0 Å². The summed E-state index contributed by atoms with van der Waals surface area (Å²) in [4.78, 5) is 1.31. The zero-order valence-electron chi connectivity index (χ0n) is 11.9. The van der Waals surface area contributed by atoms with Crippen molar-refractivity contribution < 1.29 is 9.47 Å². The van der Waals surface area contributed by atoms with Crippen LogP contribution in [0.1, 0.15) is 29.8 Å². The highest BCUT2D eigenvalue weighted by Crippen LogP contribution is 2.40. The molecule has 0 spiro atoms. The number of thiophene rings is 1. The van der Waals surface area contributed by atoms with Crippen molar-refractivity contribution in [3.05, 3.63) is 44.6 Å². The number of hydrogen-bond donors (Lipinski definition) is 1. The van der Waals surface area contributed by atoms with E-state index in [1.54, 1.807) is 11.3 Å². The molecule has 2 heterocycles. The van der Waals surface area contributed by atoms with Crippen LogP contribution in [0.4, 0.5) is 0 Å². The molecule has 0 saturated heterocycles. The zero-order valence-corrected chi connectivity index (χ0v) is 14.3. The monoisotopic (exact) mass is 367 g/mol. The molecule has 3 nitrogen and oxygen atoms in total. The number of benzene rings is 1. The SMILES string of the molecule is CCCNC(c1cccs1)c1cc2c(cc1Br)OCCO2. The van der Waals surface area contributed by atoms with Gasteiger partial charge in [-0.05, 0) is 42.1 Å². The van der Waals surface area contributed by atoms with E-state index in [4.69, 9.17) is 9.47 Å². The predicted octanol–water partition coefficient (Wildman–Crippen LogP) is 4.37. The van der Waals surface area contributed by atoms with Gasteiger partial charge in [0, 0.05) is 9.35 Å². The molecule has 0 saturated carbocycles. The molecular formula is C16H18BrNO2S. The number of nitrogens with one attached hydrogen (secondary N) is 1. The minimum atomic E-state index is 0.176. The molecule has 3 rings (SSSR count). The highest BCUT2D eigenvalue weighted by Gasteiger charge is 2.22. The van der Waals surface area contributed by atoms with Gasteiger partial charge in [0.15, 0.2) is 11.5 Å². The van der Waals surface area contributed by atoms with Gasteiger partial charge >= 0.3 is 0 Å². The minimum absolute atomic E-state index is 0.176. The summed E-state index contributed by atoms with van der Waals surface area (Å²) in [6.45, 7) is 4.38. The fourth-order valence-corrected chi connectivity index (χ4v) is 3.78. The molecule has 0 amide bonds. The third kappa shape index (κ3) is 3.25. The van der Waals surface area contributed by atoms with Crippen LogP contribution < -0.4 is 14.8 Å². The van der Waals surface area contributed by atoms with E-state index in [9.17, 15) is 0 Å². The standard InChI is InChI=1S/C16H18BrNO2S/c1-2-5-18-16(15-4-3-8-21-15)11-9-13-14(10-12(11)17)20-7-6-19-13/h3-4,8-10,16,18H,2,5-7H2,1H3. The summed E-state index contributed by atoms with van der Waals surface area (Å²) in [6, 6.07) is 8.53. The summed E-state index contributed by atoms with van der Waals surface area (Å²) in [5.41, 5.74) is 1.19. The second-order valence-corrected chi connectivity index (χ2v) is 6.75. The Morgan fingerprint density at radius 2 is 2.05 bits per heavy atom. The van der Waals surface area contributed by atoms with Crippen molar-refractivity contribution >= 4 is 27.3 Å². The predicted molar refractivity (Wildman–Crippen MR) is 89.6 cm³/mol. The molecule has 1 aromatic heterocycles. The van der Waals surface area contributed by atoms with E-state index in [0.717, 1.165) is 28.9 Å². The first-order valence-corrected chi connectivity index (χ1v) is 8.82. The maximum Gasteiger partial charge on any atom is 0.162 e. The second kappa shape index (κ2) is 6.81. The van der Waals surface area contributed by atoms with Crippen LogP contribution in [-0.4, -0.2) is 19.8 Å². The van der Waals surface area contributed by atoms with Gasteiger partial charge in [-0.3, -0.25) is 0 Å². The summed E-state index contributed by atoms with van der Waals surface area (Å²) in [5.74, 6) is 1.65. The van der Waals surface area contributed by atoms with Crippen LogP contribution in [0, 0.1) is 0 Å². The summed E-state index contributed by atoms with van der Waals surface area (Å²) < 4.78 is 12.4. The van der Waals surface area contributed by atoms with Crippen molar-refractivity contribution in [2.45, 2.75) is 19.4 Å². The van der Waals surface area contributed by atoms with Crippen LogP contribution in [0.3, 0.4) is 0 Å². The molecule has 1 unspecified atom stereocenters. The Morgan fingerprint density at radius 1 is 1.29 bits per heavy atom. The third-order valence-electron chi connectivity index (χ3n) is 3.40. The fraction of sp³-hybridized carbons (Fsp3) is 0.375. The summed E-state index contributed by atoms with van der Waals surface area (Å²) in [6.07, 6.45) is 1.10. The third-order valence-corrected chi connectivity index (χ3v) is 5.02. The Labute approximate surface area is 137 Å². The van der Waals surface area contributed by atoms with E-state index in [0.29, 0.717) is 13.2 Å². The van der Waals surface area contributed by atoms with Crippen molar-refractivity contribution in [1.82, 2.24) is 5.32 Å². The Kier molecular flexibility index (Phi) is 4.83. The van der Waals surface area contributed by atoms with E-state index in [-0.39, 0.29) is 6.04 Å². The van der Waals surface area contributed by atoms with Gasteiger partial charge in [0.05, 0.1) is 6.04 Å². The van der Waals surface area contributed by atoms with Crippen molar-refractivity contribution in [3.8, 4) is 11.5 Å². The van der Waals surface area contributed by atoms with E-state index in [1.807, 2.05) is 6.07 Å². The molecule has 1 aliphatic heterocycles. The lowest BCUT2D eigenvalue weighted by Gasteiger charge is -2.24. The van der Waals surface area contributed by atoms with Gasteiger partial charge in [-0.25, -0.2) is 0 Å². The first-order valence-electron chi connectivity index (χ1n) is 7.15. The molecule has 1 aliphatic rings. The number of halogens is 1. The Balaban J connectivity index is 1.98. The Hall–Kier alpha value is -1.04. The highest BCUT2D eigenvalue weighted by molar-refractivity contribution is 9.10. The van der Waals surface area contributed by atoms with E-state index in [2.05, 4.69) is 51.7 Å². The summed E-state index contributed by atoms with van der Waals surface area (Å²) in [7, 11) is 0. The van der Waals surface area contributed by atoms with E-state index >= 15 is 0 Å². The van der Waals surface area contributed by atoms with Gasteiger partial charge in [-0.2, -0.15) is 0 Å². The van der Waals surface area contributed by atoms with E-state index in [1.165, 1.54) is 10.4 Å².